The number of ketones is 1. The quantitative estimate of drug-likeness (QED) is 0.593. The van der Waals surface area contributed by atoms with E-state index < -0.39 is 0 Å². The lowest BCUT2D eigenvalue weighted by molar-refractivity contribution is -0.121. The maximum Gasteiger partial charge on any atom is 0.144 e. The third-order valence-electron chi connectivity index (χ3n) is 7.66. The van der Waals surface area contributed by atoms with Gasteiger partial charge in [0.1, 0.15) is 5.78 Å². The molecule has 4 unspecified atom stereocenters. The van der Waals surface area contributed by atoms with Crippen LogP contribution in [0.2, 0.25) is 0 Å². The van der Waals surface area contributed by atoms with Crippen LogP contribution in [0.15, 0.2) is 46.1 Å². The Balaban J connectivity index is 1.73. The van der Waals surface area contributed by atoms with Gasteiger partial charge in [0.15, 0.2) is 0 Å². The van der Waals surface area contributed by atoms with E-state index in [9.17, 15) is 4.79 Å². The van der Waals surface area contributed by atoms with E-state index in [0.29, 0.717) is 17.1 Å². The van der Waals surface area contributed by atoms with Gasteiger partial charge in [-0.3, -0.25) is 4.79 Å². The molecule has 0 aromatic rings. The number of carbonyl (C=O) groups excluding carboxylic acids is 1. The molecule has 1 fully saturated rings. The molecule has 0 aliphatic heterocycles. The van der Waals surface area contributed by atoms with Crippen LogP contribution in [0.4, 0.5) is 0 Å². The highest BCUT2D eigenvalue weighted by molar-refractivity contribution is 5.91. The Hall–Kier alpha value is -1.37. The van der Waals surface area contributed by atoms with Crippen molar-refractivity contribution in [3.63, 3.8) is 0 Å². The summed E-state index contributed by atoms with van der Waals surface area (Å²) in [6.45, 7) is 0. The lowest BCUT2D eigenvalue weighted by atomic mass is 9.57. The number of rotatable bonds is 0. The molecule has 9 bridgehead atoms. The van der Waals surface area contributed by atoms with Gasteiger partial charge in [-0.1, -0.05) is 34.9 Å². The summed E-state index contributed by atoms with van der Waals surface area (Å²) in [5, 5.41) is 0. The molecule has 0 heterocycles. The molecule has 6 aliphatic rings. The van der Waals surface area contributed by atoms with Crippen molar-refractivity contribution in [3.8, 4) is 0 Å². The molecule has 1 saturated carbocycles. The average Bonchev–Trinajstić information content (AvgIpc) is 3.12. The molecular weight excluding hydrogens is 268 g/mol. The summed E-state index contributed by atoms with van der Waals surface area (Å²) in [6, 6.07) is 0. The predicted octanol–water partition coefficient (Wildman–Crippen LogP) is 4.67. The third kappa shape index (κ3) is 1.16. The number of fused-ring (bicyclic) bond motifs is 2. The second-order valence-corrected chi connectivity index (χ2v) is 8.26. The topological polar surface area (TPSA) is 17.1 Å². The molecule has 112 valence electrons. The van der Waals surface area contributed by atoms with Crippen LogP contribution in [-0.2, 0) is 4.79 Å². The van der Waals surface area contributed by atoms with Gasteiger partial charge >= 0.3 is 0 Å². The molecule has 0 saturated heterocycles. The van der Waals surface area contributed by atoms with Gasteiger partial charge in [0, 0.05) is 17.8 Å². The normalized spacial score (nSPS) is 44.3. The maximum atomic E-state index is 12.8. The zero-order valence-corrected chi connectivity index (χ0v) is 13.0. The first-order valence-electron chi connectivity index (χ1n) is 9.17. The summed E-state index contributed by atoms with van der Waals surface area (Å²) in [5.41, 5.74) is 8.64. The molecule has 0 amide bonds. The fraction of sp³-hybridized carbons (Fsp3) is 0.571. The van der Waals surface area contributed by atoms with Gasteiger partial charge in [0.05, 0.1) is 5.92 Å². The third-order valence-corrected chi connectivity index (χ3v) is 7.66. The van der Waals surface area contributed by atoms with Gasteiger partial charge in [0.2, 0.25) is 0 Å². The number of carbonyl (C=O) groups is 1. The van der Waals surface area contributed by atoms with E-state index in [4.69, 9.17) is 0 Å². The lowest BCUT2D eigenvalue weighted by Crippen LogP contribution is -2.38. The largest absolute Gasteiger partial charge is 0.299 e. The van der Waals surface area contributed by atoms with Crippen molar-refractivity contribution in [2.24, 2.45) is 23.2 Å². The molecule has 1 spiro atoms. The van der Waals surface area contributed by atoms with Crippen molar-refractivity contribution in [1.29, 1.82) is 0 Å². The molecule has 22 heavy (non-hydrogen) atoms. The van der Waals surface area contributed by atoms with Gasteiger partial charge < -0.3 is 0 Å². The fourth-order valence-corrected chi connectivity index (χ4v) is 7.07. The van der Waals surface area contributed by atoms with E-state index in [0.717, 1.165) is 18.8 Å². The zero-order valence-electron chi connectivity index (χ0n) is 13.0. The summed E-state index contributed by atoms with van der Waals surface area (Å²) in [5.74, 6) is 2.06. The molecule has 1 heteroatoms. The van der Waals surface area contributed by atoms with Crippen molar-refractivity contribution in [3.05, 3.63) is 46.1 Å². The Kier molecular flexibility index (Phi) is 2.06. The zero-order chi connectivity index (χ0) is 14.5. The predicted molar refractivity (Wildman–Crippen MR) is 86.1 cm³/mol. The highest BCUT2D eigenvalue weighted by atomic mass is 16.1. The highest BCUT2D eigenvalue weighted by Gasteiger charge is 2.58. The number of Topliss-reactive ketones (excluding diaryl/α,β-unsaturated/α-hetero) is 1. The summed E-state index contributed by atoms with van der Waals surface area (Å²) in [4.78, 5) is 12.8. The fourth-order valence-electron chi connectivity index (χ4n) is 7.07. The minimum absolute atomic E-state index is 0.129. The van der Waals surface area contributed by atoms with Crippen molar-refractivity contribution < 1.29 is 4.79 Å². The van der Waals surface area contributed by atoms with E-state index in [1.807, 2.05) is 11.1 Å². The summed E-state index contributed by atoms with van der Waals surface area (Å²) < 4.78 is 0. The van der Waals surface area contributed by atoms with E-state index in [2.05, 4.69) is 18.2 Å². The van der Waals surface area contributed by atoms with Crippen molar-refractivity contribution in [2.75, 3.05) is 0 Å². The second-order valence-electron chi connectivity index (χ2n) is 8.26. The smallest absolute Gasteiger partial charge is 0.144 e. The second kappa shape index (κ2) is 3.75. The molecule has 6 rings (SSSR count). The summed E-state index contributed by atoms with van der Waals surface area (Å²) in [6.07, 6.45) is 16.8. The highest BCUT2D eigenvalue weighted by Crippen LogP contribution is 2.69. The van der Waals surface area contributed by atoms with Gasteiger partial charge in [-0.15, -0.1) is 0 Å². The first-order chi connectivity index (χ1) is 10.8. The van der Waals surface area contributed by atoms with Crippen LogP contribution in [0.25, 0.3) is 0 Å². The maximum absolute atomic E-state index is 12.8. The van der Waals surface area contributed by atoms with Crippen LogP contribution >= 0.6 is 0 Å². The molecule has 0 N–H and O–H groups in total. The SMILES string of the molecule is O=C1CCC2=C3C=CC=C(C4CCCC5=C4C4CCC52C4)C13. The van der Waals surface area contributed by atoms with Crippen molar-refractivity contribution in [2.45, 2.75) is 51.4 Å². The Bertz CT molecular complexity index is 744. The van der Waals surface area contributed by atoms with Gasteiger partial charge in [-0.25, -0.2) is 0 Å². The minimum Gasteiger partial charge on any atom is -0.299 e. The molecule has 0 aromatic heterocycles. The molecule has 6 aliphatic carbocycles. The van der Waals surface area contributed by atoms with Gasteiger partial charge in [0.25, 0.3) is 0 Å². The van der Waals surface area contributed by atoms with Crippen LogP contribution < -0.4 is 0 Å². The Morgan fingerprint density at radius 3 is 3.00 bits per heavy atom. The lowest BCUT2D eigenvalue weighted by Gasteiger charge is -2.47. The first-order valence-corrected chi connectivity index (χ1v) is 9.17. The number of allylic oxidation sites excluding steroid dienone is 8. The van der Waals surface area contributed by atoms with E-state index in [-0.39, 0.29) is 5.92 Å². The average molecular weight is 290 g/mol. The molecular formula is C21H22O. The molecule has 4 atom stereocenters. The Morgan fingerprint density at radius 2 is 2.05 bits per heavy atom. The van der Waals surface area contributed by atoms with Gasteiger partial charge in [-0.2, -0.15) is 0 Å². The van der Waals surface area contributed by atoms with Gasteiger partial charge in [-0.05, 0) is 62.0 Å². The Labute approximate surface area is 131 Å². The Morgan fingerprint density at radius 1 is 1.09 bits per heavy atom. The van der Waals surface area contributed by atoms with E-state index in [1.165, 1.54) is 49.7 Å². The van der Waals surface area contributed by atoms with Crippen LogP contribution in [-0.4, -0.2) is 5.78 Å². The molecule has 0 radical (unpaired) electrons. The van der Waals surface area contributed by atoms with E-state index >= 15 is 0 Å². The van der Waals surface area contributed by atoms with Crippen molar-refractivity contribution >= 4 is 5.78 Å². The standard InChI is InChI=1S/C21H22O/c22-18-8-7-16-15-5-1-3-14(20(15)18)13-4-2-6-17-19(13)12-9-10-21(16,17)11-12/h1,3,5,12-13,20H,2,4,6-11H2. The van der Waals surface area contributed by atoms with Crippen LogP contribution in [0.1, 0.15) is 51.4 Å². The number of hydrogen-bond acceptors (Lipinski definition) is 1. The summed E-state index contributed by atoms with van der Waals surface area (Å²) >= 11 is 0. The van der Waals surface area contributed by atoms with E-state index in [1.54, 1.807) is 5.57 Å². The van der Waals surface area contributed by atoms with Crippen LogP contribution in [0, 0.1) is 23.2 Å². The van der Waals surface area contributed by atoms with Crippen LogP contribution in [0.3, 0.4) is 0 Å². The van der Waals surface area contributed by atoms with Crippen molar-refractivity contribution in [1.82, 2.24) is 0 Å². The van der Waals surface area contributed by atoms with Crippen LogP contribution in [0.5, 0.6) is 0 Å². The number of hydrogen-bond donors (Lipinski definition) is 0. The first kappa shape index (κ1) is 12.1. The summed E-state index contributed by atoms with van der Waals surface area (Å²) in [7, 11) is 0. The monoisotopic (exact) mass is 290 g/mol. The minimum atomic E-state index is 0.129. The molecule has 0 aromatic carbocycles. The molecule has 1 nitrogen and oxygen atoms in total.